The van der Waals surface area contributed by atoms with E-state index in [2.05, 4.69) is 20.8 Å². The van der Waals surface area contributed by atoms with Gasteiger partial charge in [-0.25, -0.2) is 0 Å². The summed E-state index contributed by atoms with van der Waals surface area (Å²) in [5, 5.41) is 13.0. The van der Waals surface area contributed by atoms with Crippen LogP contribution < -0.4 is 10.6 Å². The molecule has 0 aliphatic rings. The van der Waals surface area contributed by atoms with Gasteiger partial charge in [-0.3, -0.25) is 4.79 Å². The summed E-state index contributed by atoms with van der Waals surface area (Å²) in [6.07, 6.45) is -4.62. The molecule has 1 heterocycles. The number of rotatable bonds is 6. The number of aromatic nitrogens is 2. The van der Waals surface area contributed by atoms with Crippen LogP contribution >= 0.6 is 34.7 Å². The van der Waals surface area contributed by atoms with Crippen molar-refractivity contribution in [1.82, 2.24) is 10.2 Å². The lowest BCUT2D eigenvalue weighted by atomic mass is 10.1. The van der Waals surface area contributed by atoms with Gasteiger partial charge < -0.3 is 10.6 Å². The summed E-state index contributed by atoms with van der Waals surface area (Å²) in [7, 11) is 0. The van der Waals surface area contributed by atoms with E-state index in [-0.39, 0.29) is 10.7 Å². The summed E-state index contributed by atoms with van der Waals surface area (Å²) in [5.74, 6) is -0.571. The molecule has 2 aromatic rings. The third-order valence-electron chi connectivity index (χ3n) is 2.93. The minimum absolute atomic E-state index is 0.0578. The Balaban J connectivity index is 2.08. The van der Waals surface area contributed by atoms with Gasteiger partial charge in [0.1, 0.15) is 0 Å². The van der Waals surface area contributed by atoms with Gasteiger partial charge in [0, 0.05) is 11.6 Å². The number of nitrogens with zero attached hydrogens (tertiary/aromatic N) is 2. The van der Waals surface area contributed by atoms with E-state index < -0.39 is 22.9 Å². The molecule has 25 heavy (non-hydrogen) atoms. The first-order chi connectivity index (χ1) is 11.7. The predicted molar refractivity (Wildman–Crippen MR) is 94.5 cm³/mol. The number of halogens is 4. The van der Waals surface area contributed by atoms with Crippen molar-refractivity contribution in [2.24, 2.45) is 0 Å². The summed E-state index contributed by atoms with van der Waals surface area (Å²) in [4.78, 5) is 12.2. The monoisotopic (exact) mass is 410 g/mol. The SMILES string of the molecule is CCNc1nnc(SC(C)C(=O)Nc2ccc(Cl)cc2C(F)(F)F)s1. The number of alkyl halides is 3. The highest BCUT2D eigenvalue weighted by Crippen LogP contribution is 2.37. The Labute approximate surface area is 155 Å². The van der Waals surface area contributed by atoms with Crippen LogP contribution in [0, 0.1) is 0 Å². The quantitative estimate of drug-likeness (QED) is 0.672. The van der Waals surface area contributed by atoms with Crippen LogP contribution in [0.1, 0.15) is 19.4 Å². The third-order valence-corrected chi connectivity index (χ3v) is 5.23. The van der Waals surface area contributed by atoms with E-state index in [4.69, 9.17) is 11.6 Å². The van der Waals surface area contributed by atoms with E-state index in [1.54, 1.807) is 6.92 Å². The molecule has 0 spiro atoms. The normalized spacial score (nSPS) is 12.7. The number of amides is 1. The van der Waals surface area contributed by atoms with Gasteiger partial charge in [-0.1, -0.05) is 34.7 Å². The van der Waals surface area contributed by atoms with Crippen LogP contribution in [0.2, 0.25) is 5.02 Å². The number of hydrogen-bond donors (Lipinski definition) is 2. The van der Waals surface area contributed by atoms with Gasteiger partial charge in [0.15, 0.2) is 4.34 Å². The Morgan fingerprint density at radius 3 is 2.76 bits per heavy atom. The molecule has 0 aliphatic heterocycles. The van der Waals surface area contributed by atoms with Gasteiger partial charge in [0.25, 0.3) is 0 Å². The number of nitrogens with one attached hydrogen (secondary N) is 2. The van der Waals surface area contributed by atoms with Crippen molar-refractivity contribution in [3.05, 3.63) is 28.8 Å². The van der Waals surface area contributed by atoms with E-state index in [0.717, 1.165) is 23.9 Å². The third kappa shape index (κ3) is 5.48. The second kappa shape index (κ2) is 8.24. The highest BCUT2D eigenvalue weighted by atomic mass is 35.5. The highest BCUT2D eigenvalue weighted by molar-refractivity contribution is 8.02. The van der Waals surface area contributed by atoms with Crippen molar-refractivity contribution in [3.8, 4) is 0 Å². The predicted octanol–water partition coefficient (Wildman–Crippen LogP) is 4.76. The number of carbonyl (C=O) groups excluding carboxylic acids is 1. The van der Waals surface area contributed by atoms with E-state index in [0.29, 0.717) is 16.0 Å². The smallest absolute Gasteiger partial charge is 0.360 e. The first kappa shape index (κ1) is 19.8. The van der Waals surface area contributed by atoms with Crippen molar-refractivity contribution in [3.63, 3.8) is 0 Å². The lowest BCUT2D eigenvalue weighted by Gasteiger charge is -2.16. The van der Waals surface area contributed by atoms with Crippen molar-refractivity contribution in [2.75, 3.05) is 17.2 Å². The molecule has 1 amide bonds. The Hall–Kier alpha value is -1.52. The molecule has 11 heteroatoms. The number of thioether (sulfide) groups is 1. The van der Waals surface area contributed by atoms with Crippen LogP contribution in [0.5, 0.6) is 0 Å². The zero-order valence-electron chi connectivity index (χ0n) is 13.1. The van der Waals surface area contributed by atoms with Crippen LogP contribution in [-0.2, 0) is 11.0 Å². The van der Waals surface area contributed by atoms with Crippen molar-refractivity contribution < 1.29 is 18.0 Å². The van der Waals surface area contributed by atoms with E-state index in [1.165, 1.54) is 17.4 Å². The Kier molecular flexibility index (Phi) is 6.53. The molecular weight excluding hydrogens is 397 g/mol. The number of anilines is 2. The summed E-state index contributed by atoms with van der Waals surface area (Å²) in [6.45, 7) is 4.18. The maximum atomic E-state index is 13.1. The lowest BCUT2D eigenvalue weighted by Crippen LogP contribution is -2.24. The van der Waals surface area contributed by atoms with E-state index in [1.807, 2.05) is 6.92 Å². The summed E-state index contributed by atoms with van der Waals surface area (Å²) in [5.41, 5.74) is -1.32. The average Bonchev–Trinajstić information content (AvgIpc) is 2.95. The largest absolute Gasteiger partial charge is 0.418 e. The summed E-state index contributed by atoms with van der Waals surface area (Å²) >= 11 is 8.01. The fourth-order valence-electron chi connectivity index (χ4n) is 1.78. The van der Waals surface area contributed by atoms with Gasteiger partial charge in [-0.2, -0.15) is 13.2 Å². The fraction of sp³-hybridized carbons (Fsp3) is 0.357. The molecule has 1 atom stereocenters. The van der Waals surface area contributed by atoms with Crippen molar-refractivity contribution >= 4 is 51.4 Å². The molecular formula is C14H14ClF3N4OS2. The summed E-state index contributed by atoms with van der Waals surface area (Å²) in [6, 6.07) is 3.20. The molecule has 1 aromatic carbocycles. The van der Waals surface area contributed by atoms with Gasteiger partial charge in [-0.15, -0.1) is 10.2 Å². The van der Waals surface area contributed by atoms with Crippen LogP contribution in [-0.4, -0.2) is 27.9 Å². The zero-order chi connectivity index (χ0) is 18.6. The van der Waals surface area contributed by atoms with Crippen LogP contribution in [0.3, 0.4) is 0 Å². The fourth-order valence-corrected chi connectivity index (χ4v) is 3.92. The highest BCUT2D eigenvalue weighted by Gasteiger charge is 2.34. The first-order valence-electron chi connectivity index (χ1n) is 7.12. The molecule has 0 aliphatic carbocycles. The number of benzene rings is 1. The summed E-state index contributed by atoms with van der Waals surface area (Å²) < 4.78 is 39.7. The second-order valence-corrected chi connectivity index (χ2v) is 7.84. The maximum absolute atomic E-state index is 13.1. The Bertz CT molecular complexity index is 754. The molecule has 2 N–H and O–H groups in total. The minimum atomic E-state index is -4.62. The molecule has 1 aromatic heterocycles. The van der Waals surface area contributed by atoms with Crippen LogP contribution in [0.4, 0.5) is 24.0 Å². The van der Waals surface area contributed by atoms with E-state index >= 15 is 0 Å². The van der Waals surface area contributed by atoms with Gasteiger partial charge in [0.2, 0.25) is 11.0 Å². The lowest BCUT2D eigenvalue weighted by molar-refractivity contribution is -0.137. The number of hydrogen-bond acceptors (Lipinski definition) is 6. The van der Waals surface area contributed by atoms with Gasteiger partial charge >= 0.3 is 6.18 Å². The molecule has 0 radical (unpaired) electrons. The zero-order valence-corrected chi connectivity index (χ0v) is 15.5. The standard InChI is InChI=1S/C14H14ClF3N4OS2/c1-3-19-12-21-22-13(25-12)24-7(2)11(23)20-10-5-4-8(15)6-9(10)14(16,17)18/h4-7H,3H2,1-2H3,(H,19,21)(H,20,23). The van der Waals surface area contributed by atoms with Crippen molar-refractivity contribution in [1.29, 1.82) is 0 Å². The average molecular weight is 411 g/mol. The minimum Gasteiger partial charge on any atom is -0.360 e. The molecule has 0 saturated carbocycles. The van der Waals surface area contributed by atoms with Crippen molar-refractivity contribution in [2.45, 2.75) is 29.6 Å². The first-order valence-corrected chi connectivity index (χ1v) is 9.19. The van der Waals surface area contributed by atoms with Gasteiger partial charge in [-0.05, 0) is 32.0 Å². The van der Waals surface area contributed by atoms with Crippen LogP contribution in [0.15, 0.2) is 22.5 Å². The van der Waals surface area contributed by atoms with E-state index in [9.17, 15) is 18.0 Å². The molecule has 0 saturated heterocycles. The topological polar surface area (TPSA) is 66.9 Å². The molecule has 136 valence electrons. The molecule has 1 unspecified atom stereocenters. The Morgan fingerprint density at radius 1 is 1.40 bits per heavy atom. The molecule has 0 bridgehead atoms. The Morgan fingerprint density at radius 2 is 2.12 bits per heavy atom. The van der Waals surface area contributed by atoms with Crippen LogP contribution in [0.25, 0.3) is 0 Å². The maximum Gasteiger partial charge on any atom is 0.418 e. The van der Waals surface area contributed by atoms with Gasteiger partial charge in [0.05, 0.1) is 16.5 Å². The number of carbonyl (C=O) groups is 1. The second-order valence-electron chi connectivity index (χ2n) is 4.84. The molecule has 5 nitrogen and oxygen atoms in total. The molecule has 0 fully saturated rings. The molecule has 2 rings (SSSR count).